The average Bonchev–Trinajstić information content (AvgIpc) is 2.85. The second-order valence-electron chi connectivity index (χ2n) is 5.92. The highest BCUT2D eigenvalue weighted by atomic mass is 19.4. The first-order chi connectivity index (χ1) is 10.7. The summed E-state index contributed by atoms with van der Waals surface area (Å²) >= 11 is 0. The number of aromatic amines is 1. The van der Waals surface area contributed by atoms with Gasteiger partial charge in [-0.15, -0.1) is 0 Å². The number of nitrogens with zero attached hydrogens (tertiary/aromatic N) is 1. The standard InChI is InChI=1S/C17H21F3N2O/c1-4-5-6-22(10-17(18,19)20)16(23)15-9-13-12(3)7-11(2)8-14(13)21-15/h7-9,21H,4-6,10H2,1-3H3. The highest BCUT2D eigenvalue weighted by molar-refractivity contribution is 5.99. The van der Waals surface area contributed by atoms with Crippen LogP contribution in [0.5, 0.6) is 0 Å². The van der Waals surface area contributed by atoms with Gasteiger partial charge in [0.1, 0.15) is 12.2 Å². The molecule has 23 heavy (non-hydrogen) atoms. The van der Waals surface area contributed by atoms with Crippen molar-refractivity contribution in [3.05, 3.63) is 35.0 Å². The molecule has 3 nitrogen and oxygen atoms in total. The Balaban J connectivity index is 2.33. The van der Waals surface area contributed by atoms with Crippen LogP contribution in [0.2, 0.25) is 0 Å². The molecule has 0 fully saturated rings. The molecule has 0 saturated heterocycles. The van der Waals surface area contributed by atoms with Crippen molar-refractivity contribution in [3.63, 3.8) is 0 Å². The minimum Gasteiger partial charge on any atom is -0.351 e. The van der Waals surface area contributed by atoms with Crippen molar-refractivity contribution in [1.29, 1.82) is 0 Å². The van der Waals surface area contributed by atoms with E-state index in [-0.39, 0.29) is 12.2 Å². The molecule has 1 aromatic carbocycles. The third-order valence-electron chi connectivity index (χ3n) is 3.76. The zero-order valence-corrected chi connectivity index (χ0v) is 13.5. The number of unbranched alkanes of at least 4 members (excludes halogenated alkanes) is 1. The second-order valence-corrected chi connectivity index (χ2v) is 5.92. The van der Waals surface area contributed by atoms with Crippen molar-refractivity contribution in [2.75, 3.05) is 13.1 Å². The fourth-order valence-corrected chi connectivity index (χ4v) is 2.70. The Morgan fingerprint density at radius 2 is 1.91 bits per heavy atom. The van der Waals surface area contributed by atoms with Gasteiger partial charge in [0.2, 0.25) is 0 Å². The molecule has 0 bridgehead atoms. The lowest BCUT2D eigenvalue weighted by Crippen LogP contribution is -2.39. The van der Waals surface area contributed by atoms with Crippen LogP contribution in [-0.4, -0.2) is 35.1 Å². The van der Waals surface area contributed by atoms with Gasteiger partial charge in [-0.05, 0) is 43.5 Å². The van der Waals surface area contributed by atoms with Gasteiger partial charge in [-0.2, -0.15) is 13.2 Å². The number of amides is 1. The van der Waals surface area contributed by atoms with Crippen LogP contribution in [0.4, 0.5) is 13.2 Å². The number of hydrogen-bond acceptors (Lipinski definition) is 1. The van der Waals surface area contributed by atoms with E-state index >= 15 is 0 Å². The molecule has 0 radical (unpaired) electrons. The summed E-state index contributed by atoms with van der Waals surface area (Å²) in [6.45, 7) is 4.61. The van der Waals surface area contributed by atoms with Crippen molar-refractivity contribution in [2.24, 2.45) is 0 Å². The summed E-state index contributed by atoms with van der Waals surface area (Å²) in [6.07, 6.45) is -3.13. The first kappa shape index (κ1) is 17.4. The largest absolute Gasteiger partial charge is 0.406 e. The van der Waals surface area contributed by atoms with Gasteiger partial charge in [-0.1, -0.05) is 19.4 Å². The van der Waals surface area contributed by atoms with Gasteiger partial charge in [0, 0.05) is 17.4 Å². The maximum absolute atomic E-state index is 12.7. The molecule has 1 aromatic heterocycles. The fraction of sp³-hybridized carbons (Fsp3) is 0.471. The molecule has 2 rings (SSSR count). The van der Waals surface area contributed by atoms with Gasteiger partial charge < -0.3 is 9.88 Å². The molecule has 1 heterocycles. The molecule has 0 aliphatic heterocycles. The van der Waals surface area contributed by atoms with Crippen LogP contribution >= 0.6 is 0 Å². The molecule has 1 amide bonds. The van der Waals surface area contributed by atoms with Crippen molar-refractivity contribution < 1.29 is 18.0 Å². The van der Waals surface area contributed by atoms with Crippen LogP contribution in [0.15, 0.2) is 18.2 Å². The molecule has 6 heteroatoms. The number of rotatable bonds is 5. The molecule has 0 saturated carbocycles. The van der Waals surface area contributed by atoms with Gasteiger partial charge in [-0.3, -0.25) is 4.79 Å². The highest BCUT2D eigenvalue weighted by Crippen LogP contribution is 2.24. The molecule has 1 N–H and O–H groups in total. The van der Waals surface area contributed by atoms with Crippen molar-refractivity contribution in [1.82, 2.24) is 9.88 Å². The number of hydrogen-bond donors (Lipinski definition) is 1. The summed E-state index contributed by atoms with van der Waals surface area (Å²) < 4.78 is 38.2. The van der Waals surface area contributed by atoms with Crippen molar-refractivity contribution >= 4 is 16.8 Å². The Morgan fingerprint density at radius 3 is 2.52 bits per heavy atom. The highest BCUT2D eigenvalue weighted by Gasteiger charge is 2.33. The molecule has 0 aliphatic rings. The first-order valence-electron chi connectivity index (χ1n) is 7.67. The van der Waals surface area contributed by atoms with E-state index in [4.69, 9.17) is 0 Å². The van der Waals surface area contributed by atoms with Crippen LogP contribution < -0.4 is 0 Å². The molecule has 0 spiro atoms. The van der Waals surface area contributed by atoms with Crippen LogP contribution in [-0.2, 0) is 0 Å². The Labute approximate surface area is 133 Å². The number of alkyl halides is 3. The van der Waals surface area contributed by atoms with Gasteiger partial charge in [0.25, 0.3) is 5.91 Å². The van der Waals surface area contributed by atoms with Gasteiger partial charge in [0.05, 0.1) is 0 Å². The summed E-state index contributed by atoms with van der Waals surface area (Å²) in [5.74, 6) is -0.607. The minimum atomic E-state index is -4.40. The maximum atomic E-state index is 12.7. The molecule has 0 unspecified atom stereocenters. The zero-order chi connectivity index (χ0) is 17.2. The Kier molecular flexibility index (Phi) is 5.02. The lowest BCUT2D eigenvalue weighted by Gasteiger charge is -2.23. The van der Waals surface area contributed by atoms with E-state index in [9.17, 15) is 18.0 Å². The average molecular weight is 326 g/mol. The lowest BCUT2D eigenvalue weighted by molar-refractivity contribution is -0.140. The van der Waals surface area contributed by atoms with E-state index in [1.807, 2.05) is 32.9 Å². The number of carbonyl (C=O) groups is 1. The molecule has 0 aliphatic carbocycles. The molecule has 126 valence electrons. The number of nitrogens with one attached hydrogen (secondary N) is 1. The number of carbonyl (C=O) groups excluding carboxylic acids is 1. The van der Waals surface area contributed by atoms with Gasteiger partial charge in [-0.25, -0.2) is 0 Å². The molecular weight excluding hydrogens is 305 g/mol. The number of aromatic nitrogens is 1. The van der Waals surface area contributed by atoms with Crippen molar-refractivity contribution in [3.8, 4) is 0 Å². The fourth-order valence-electron chi connectivity index (χ4n) is 2.70. The van der Waals surface area contributed by atoms with Gasteiger partial charge in [0.15, 0.2) is 0 Å². The molecule has 0 atom stereocenters. The molecule has 2 aromatic rings. The Bertz CT molecular complexity index is 704. The van der Waals surface area contributed by atoms with E-state index in [0.717, 1.165) is 33.4 Å². The third kappa shape index (κ3) is 4.27. The normalized spacial score (nSPS) is 11.9. The van der Waals surface area contributed by atoms with E-state index in [0.29, 0.717) is 6.42 Å². The predicted molar refractivity (Wildman–Crippen MR) is 84.6 cm³/mol. The summed E-state index contributed by atoms with van der Waals surface area (Å²) in [6, 6.07) is 5.51. The Hall–Kier alpha value is -1.98. The van der Waals surface area contributed by atoms with E-state index < -0.39 is 18.6 Å². The number of H-pyrrole nitrogens is 1. The smallest absolute Gasteiger partial charge is 0.351 e. The van der Waals surface area contributed by atoms with E-state index in [1.54, 1.807) is 6.07 Å². The quantitative estimate of drug-likeness (QED) is 0.857. The third-order valence-corrected chi connectivity index (χ3v) is 3.76. The topological polar surface area (TPSA) is 36.1 Å². The predicted octanol–water partition coefficient (Wildman–Crippen LogP) is 4.59. The molecular formula is C17H21F3N2O. The monoisotopic (exact) mass is 326 g/mol. The number of halogens is 3. The summed E-state index contributed by atoms with van der Waals surface area (Å²) in [5, 5.41) is 0.862. The summed E-state index contributed by atoms with van der Waals surface area (Å²) in [5.41, 5.74) is 3.00. The lowest BCUT2D eigenvalue weighted by atomic mass is 10.1. The van der Waals surface area contributed by atoms with Crippen LogP contribution in [0.1, 0.15) is 41.4 Å². The van der Waals surface area contributed by atoms with Crippen LogP contribution in [0.25, 0.3) is 10.9 Å². The zero-order valence-electron chi connectivity index (χ0n) is 13.5. The van der Waals surface area contributed by atoms with E-state index in [1.165, 1.54) is 0 Å². The minimum absolute atomic E-state index is 0.0994. The van der Waals surface area contributed by atoms with Crippen LogP contribution in [0, 0.1) is 13.8 Å². The first-order valence-corrected chi connectivity index (χ1v) is 7.67. The SMILES string of the molecule is CCCCN(CC(F)(F)F)C(=O)c1cc2c(C)cc(C)cc2[nH]1. The van der Waals surface area contributed by atoms with Crippen LogP contribution in [0.3, 0.4) is 0 Å². The van der Waals surface area contributed by atoms with Crippen molar-refractivity contribution in [2.45, 2.75) is 39.8 Å². The summed E-state index contributed by atoms with van der Waals surface area (Å²) in [4.78, 5) is 16.3. The number of benzene rings is 1. The van der Waals surface area contributed by atoms with Gasteiger partial charge >= 0.3 is 6.18 Å². The second kappa shape index (κ2) is 6.64. The number of aryl methyl sites for hydroxylation is 2. The number of fused-ring (bicyclic) bond motifs is 1. The maximum Gasteiger partial charge on any atom is 0.406 e. The summed E-state index contributed by atoms with van der Waals surface area (Å²) in [7, 11) is 0. The van der Waals surface area contributed by atoms with E-state index in [2.05, 4.69) is 4.98 Å². The Morgan fingerprint density at radius 1 is 1.22 bits per heavy atom.